The summed E-state index contributed by atoms with van der Waals surface area (Å²) in [7, 11) is 4.21. The van der Waals surface area contributed by atoms with Crippen molar-refractivity contribution < 1.29 is 0 Å². The molecule has 1 aromatic rings. The number of nitrogens with zero attached hydrogens (tertiary/aromatic N) is 2. The van der Waals surface area contributed by atoms with Crippen LogP contribution in [0.4, 0.5) is 5.69 Å². The lowest BCUT2D eigenvalue weighted by Gasteiger charge is -2.39. The van der Waals surface area contributed by atoms with Gasteiger partial charge in [-0.15, -0.1) is 0 Å². The van der Waals surface area contributed by atoms with Crippen molar-refractivity contribution in [3.8, 4) is 0 Å². The van der Waals surface area contributed by atoms with Gasteiger partial charge in [0.2, 0.25) is 0 Å². The fourth-order valence-electron chi connectivity index (χ4n) is 2.43. The first-order valence-corrected chi connectivity index (χ1v) is 6.40. The second kappa shape index (κ2) is 5.52. The number of rotatable bonds is 3. The van der Waals surface area contributed by atoms with E-state index in [0.717, 1.165) is 26.2 Å². The van der Waals surface area contributed by atoms with E-state index in [-0.39, 0.29) is 0 Å². The Morgan fingerprint density at radius 2 is 2.06 bits per heavy atom. The Morgan fingerprint density at radius 1 is 1.29 bits per heavy atom. The normalized spacial score (nSPS) is 21.8. The molecule has 0 spiro atoms. The Morgan fingerprint density at radius 3 is 2.76 bits per heavy atom. The van der Waals surface area contributed by atoms with E-state index in [0.29, 0.717) is 6.04 Å². The van der Waals surface area contributed by atoms with E-state index < -0.39 is 0 Å². The lowest BCUT2D eigenvalue weighted by atomic mass is 10.1. The zero-order valence-electron chi connectivity index (χ0n) is 11.1. The van der Waals surface area contributed by atoms with Crippen molar-refractivity contribution in [2.45, 2.75) is 19.5 Å². The molecule has 1 aliphatic rings. The van der Waals surface area contributed by atoms with Crippen LogP contribution in [0, 0.1) is 0 Å². The molecule has 3 heteroatoms. The smallest absolute Gasteiger partial charge is 0.0412 e. The monoisotopic (exact) mass is 233 g/mol. The van der Waals surface area contributed by atoms with Crippen molar-refractivity contribution in [3.63, 3.8) is 0 Å². The summed E-state index contributed by atoms with van der Waals surface area (Å²) in [4.78, 5) is 4.94. The first-order valence-electron chi connectivity index (χ1n) is 6.40. The van der Waals surface area contributed by atoms with E-state index in [9.17, 15) is 0 Å². The summed E-state index contributed by atoms with van der Waals surface area (Å²) < 4.78 is 0. The molecule has 0 aromatic heterocycles. The van der Waals surface area contributed by atoms with Crippen LogP contribution in [-0.4, -0.2) is 44.7 Å². The molecular weight excluding hydrogens is 210 g/mol. The highest BCUT2D eigenvalue weighted by Crippen LogP contribution is 2.22. The summed E-state index contributed by atoms with van der Waals surface area (Å²) in [5.74, 6) is 0. The minimum absolute atomic E-state index is 0.631. The molecule has 0 amide bonds. The van der Waals surface area contributed by atoms with Gasteiger partial charge in [-0.1, -0.05) is 18.2 Å². The third kappa shape index (κ3) is 2.79. The molecule has 0 radical (unpaired) electrons. The Hall–Kier alpha value is -1.06. The third-order valence-corrected chi connectivity index (χ3v) is 3.66. The molecule has 0 aliphatic carbocycles. The summed E-state index contributed by atoms with van der Waals surface area (Å²) in [5.41, 5.74) is 2.79. The van der Waals surface area contributed by atoms with Crippen molar-refractivity contribution in [3.05, 3.63) is 29.8 Å². The van der Waals surface area contributed by atoms with Crippen LogP contribution in [0.25, 0.3) is 0 Å². The second-order valence-corrected chi connectivity index (χ2v) is 4.93. The summed E-state index contributed by atoms with van der Waals surface area (Å²) in [5, 5.41) is 3.25. The Kier molecular flexibility index (Phi) is 4.02. The fourth-order valence-corrected chi connectivity index (χ4v) is 2.43. The molecule has 1 unspecified atom stereocenters. The van der Waals surface area contributed by atoms with E-state index in [2.05, 4.69) is 53.4 Å². The van der Waals surface area contributed by atoms with Crippen LogP contribution in [0.3, 0.4) is 0 Å². The van der Waals surface area contributed by atoms with Crippen LogP contribution >= 0.6 is 0 Å². The molecular formula is C14H23N3. The molecule has 0 bridgehead atoms. The molecule has 1 atom stereocenters. The number of anilines is 1. The zero-order chi connectivity index (χ0) is 12.3. The third-order valence-electron chi connectivity index (χ3n) is 3.66. The summed E-state index contributed by atoms with van der Waals surface area (Å²) in [6.07, 6.45) is 0. The number of benzene rings is 1. The minimum Gasteiger partial charge on any atom is -0.368 e. The molecule has 94 valence electrons. The van der Waals surface area contributed by atoms with E-state index in [4.69, 9.17) is 0 Å². The zero-order valence-corrected chi connectivity index (χ0v) is 11.1. The van der Waals surface area contributed by atoms with Crippen molar-refractivity contribution >= 4 is 5.69 Å². The maximum Gasteiger partial charge on any atom is 0.0412 e. The molecule has 1 aromatic carbocycles. The van der Waals surface area contributed by atoms with Crippen LogP contribution in [-0.2, 0) is 6.54 Å². The lowest BCUT2D eigenvalue weighted by molar-refractivity contribution is 0.234. The Bertz CT molecular complexity index is 364. The van der Waals surface area contributed by atoms with Gasteiger partial charge in [0.05, 0.1) is 0 Å². The first-order chi connectivity index (χ1) is 8.22. The molecule has 1 heterocycles. The highest BCUT2D eigenvalue weighted by atomic mass is 15.3. The summed E-state index contributed by atoms with van der Waals surface area (Å²) in [6.45, 7) is 6.64. The van der Waals surface area contributed by atoms with Crippen LogP contribution in [0.15, 0.2) is 24.3 Å². The van der Waals surface area contributed by atoms with Crippen LogP contribution in [0.2, 0.25) is 0 Å². The van der Waals surface area contributed by atoms with E-state index in [1.54, 1.807) is 0 Å². The van der Waals surface area contributed by atoms with E-state index in [1.807, 2.05) is 7.05 Å². The molecule has 0 saturated carbocycles. The van der Waals surface area contributed by atoms with Crippen molar-refractivity contribution in [1.82, 2.24) is 10.2 Å². The SMILES string of the molecule is CNCc1ccccc1N1CCN(C)C(C)C1. The predicted octanol–water partition coefficient (Wildman–Crippen LogP) is 1.55. The standard InChI is InChI=1S/C14H23N3/c1-12-11-17(9-8-16(12)3)14-7-5-4-6-13(14)10-15-2/h4-7,12,15H,8-11H2,1-3H3. The van der Waals surface area contributed by atoms with Crippen LogP contribution in [0.1, 0.15) is 12.5 Å². The topological polar surface area (TPSA) is 18.5 Å². The summed E-state index contributed by atoms with van der Waals surface area (Å²) >= 11 is 0. The van der Waals surface area contributed by atoms with Gasteiger partial charge in [-0.2, -0.15) is 0 Å². The van der Waals surface area contributed by atoms with Gasteiger partial charge in [-0.25, -0.2) is 0 Å². The van der Waals surface area contributed by atoms with Crippen molar-refractivity contribution in [2.75, 3.05) is 38.6 Å². The molecule has 1 fully saturated rings. The number of hydrogen-bond acceptors (Lipinski definition) is 3. The maximum atomic E-state index is 3.25. The highest BCUT2D eigenvalue weighted by Gasteiger charge is 2.21. The van der Waals surface area contributed by atoms with Gasteiger partial charge in [0.1, 0.15) is 0 Å². The molecule has 2 rings (SSSR count). The van der Waals surface area contributed by atoms with Gasteiger partial charge in [-0.05, 0) is 32.6 Å². The average molecular weight is 233 g/mol. The second-order valence-electron chi connectivity index (χ2n) is 4.93. The number of nitrogens with one attached hydrogen (secondary N) is 1. The lowest BCUT2D eigenvalue weighted by Crippen LogP contribution is -2.50. The molecule has 3 nitrogen and oxygen atoms in total. The van der Waals surface area contributed by atoms with Gasteiger partial charge >= 0.3 is 0 Å². The van der Waals surface area contributed by atoms with Crippen LogP contribution < -0.4 is 10.2 Å². The number of hydrogen-bond donors (Lipinski definition) is 1. The van der Waals surface area contributed by atoms with E-state index >= 15 is 0 Å². The van der Waals surface area contributed by atoms with Gasteiger partial charge in [-0.3, -0.25) is 0 Å². The number of piperazine rings is 1. The van der Waals surface area contributed by atoms with Gasteiger partial charge in [0.15, 0.2) is 0 Å². The van der Waals surface area contributed by atoms with Crippen molar-refractivity contribution in [2.24, 2.45) is 0 Å². The molecule has 17 heavy (non-hydrogen) atoms. The Balaban J connectivity index is 2.16. The highest BCUT2D eigenvalue weighted by molar-refractivity contribution is 5.54. The molecule has 1 N–H and O–H groups in total. The van der Waals surface area contributed by atoms with Crippen molar-refractivity contribution in [1.29, 1.82) is 0 Å². The fraction of sp³-hybridized carbons (Fsp3) is 0.571. The number of likely N-dealkylation sites (N-methyl/N-ethyl adjacent to an activating group) is 1. The maximum absolute atomic E-state index is 3.25. The van der Waals surface area contributed by atoms with Gasteiger partial charge < -0.3 is 15.1 Å². The first kappa shape index (κ1) is 12.4. The van der Waals surface area contributed by atoms with Crippen LogP contribution in [0.5, 0.6) is 0 Å². The molecule has 1 aliphatic heterocycles. The summed E-state index contributed by atoms with van der Waals surface area (Å²) in [6, 6.07) is 9.35. The minimum atomic E-state index is 0.631. The average Bonchev–Trinajstić information content (AvgIpc) is 2.34. The predicted molar refractivity (Wildman–Crippen MR) is 73.5 cm³/mol. The molecule has 1 saturated heterocycles. The quantitative estimate of drug-likeness (QED) is 0.854. The van der Waals surface area contributed by atoms with E-state index in [1.165, 1.54) is 11.3 Å². The van der Waals surface area contributed by atoms with Gasteiger partial charge in [0, 0.05) is 37.9 Å². The number of para-hydroxylation sites is 1. The van der Waals surface area contributed by atoms with Gasteiger partial charge in [0.25, 0.3) is 0 Å². The Labute approximate surface area is 104 Å². The largest absolute Gasteiger partial charge is 0.368 e.